The van der Waals surface area contributed by atoms with Crippen molar-refractivity contribution in [2.24, 2.45) is 0 Å². The van der Waals surface area contributed by atoms with Crippen molar-refractivity contribution in [3.63, 3.8) is 0 Å². The van der Waals surface area contributed by atoms with Crippen LogP contribution in [0.5, 0.6) is 0 Å². The summed E-state index contributed by atoms with van der Waals surface area (Å²) in [5.74, 6) is -0.793. The van der Waals surface area contributed by atoms with Crippen molar-refractivity contribution >= 4 is 5.97 Å². The first-order valence-corrected chi connectivity index (χ1v) is 8.45. The van der Waals surface area contributed by atoms with Gasteiger partial charge in [0.1, 0.15) is 0 Å². The van der Waals surface area contributed by atoms with Crippen molar-refractivity contribution in [3.8, 4) is 0 Å². The van der Waals surface area contributed by atoms with E-state index in [0.29, 0.717) is 6.54 Å². The van der Waals surface area contributed by atoms with Gasteiger partial charge < -0.3 is 9.84 Å². The van der Waals surface area contributed by atoms with Gasteiger partial charge in [-0.25, -0.2) is 0 Å². The second-order valence-electron chi connectivity index (χ2n) is 6.78. The van der Waals surface area contributed by atoms with E-state index in [-0.39, 0.29) is 12.6 Å². The number of carbonyl (C=O) groups is 1. The summed E-state index contributed by atoms with van der Waals surface area (Å²) >= 11 is 0. The number of nitrogens with zero attached hydrogens (tertiary/aromatic N) is 2. The molecule has 0 radical (unpaired) electrons. The fourth-order valence-corrected chi connectivity index (χ4v) is 3.66. The van der Waals surface area contributed by atoms with Gasteiger partial charge in [0.15, 0.2) is 0 Å². The molecule has 0 amide bonds. The topological polar surface area (TPSA) is 53.0 Å². The first kappa shape index (κ1) is 16.4. The van der Waals surface area contributed by atoms with Gasteiger partial charge in [0.05, 0.1) is 19.3 Å². The molecule has 1 aliphatic heterocycles. The molecular weight excluding hydrogens is 292 g/mol. The van der Waals surface area contributed by atoms with Crippen LogP contribution in [0.2, 0.25) is 0 Å². The third-order valence-corrected chi connectivity index (χ3v) is 4.71. The van der Waals surface area contributed by atoms with E-state index in [1.165, 1.54) is 36.0 Å². The third-order valence-electron chi connectivity index (χ3n) is 4.71. The van der Waals surface area contributed by atoms with Crippen molar-refractivity contribution in [3.05, 3.63) is 34.9 Å². The van der Waals surface area contributed by atoms with Crippen molar-refractivity contribution in [2.75, 3.05) is 39.8 Å². The van der Waals surface area contributed by atoms with Crippen LogP contribution >= 0.6 is 0 Å². The minimum Gasteiger partial charge on any atom is -0.480 e. The summed E-state index contributed by atoms with van der Waals surface area (Å²) < 4.78 is 5.80. The van der Waals surface area contributed by atoms with Crippen molar-refractivity contribution in [1.82, 2.24) is 9.80 Å². The van der Waals surface area contributed by atoms with E-state index >= 15 is 0 Å². The Labute approximate surface area is 137 Å². The third kappa shape index (κ3) is 4.53. The minimum absolute atomic E-state index is 0.0602. The molecule has 1 unspecified atom stereocenters. The number of aliphatic carboxylic acids is 1. The predicted octanol–water partition coefficient (Wildman–Crippen LogP) is 1.39. The fourth-order valence-electron chi connectivity index (χ4n) is 3.66. The highest BCUT2D eigenvalue weighted by molar-refractivity contribution is 5.69. The lowest BCUT2D eigenvalue weighted by Gasteiger charge is -2.34. The highest BCUT2D eigenvalue weighted by atomic mass is 16.5. The second-order valence-corrected chi connectivity index (χ2v) is 6.78. The molecule has 1 saturated heterocycles. The molecule has 0 bridgehead atoms. The number of benzene rings is 1. The van der Waals surface area contributed by atoms with Gasteiger partial charge in [-0.3, -0.25) is 14.6 Å². The van der Waals surface area contributed by atoms with Gasteiger partial charge in [-0.1, -0.05) is 18.2 Å². The molecule has 1 aromatic rings. The van der Waals surface area contributed by atoms with Crippen molar-refractivity contribution in [1.29, 1.82) is 0 Å². The number of rotatable bonds is 6. The summed E-state index contributed by atoms with van der Waals surface area (Å²) in [4.78, 5) is 15.0. The number of hydrogen-bond acceptors (Lipinski definition) is 4. The maximum absolute atomic E-state index is 10.8. The van der Waals surface area contributed by atoms with Crippen LogP contribution < -0.4 is 0 Å². The van der Waals surface area contributed by atoms with Gasteiger partial charge in [-0.2, -0.15) is 0 Å². The Morgan fingerprint density at radius 2 is 2.22 bits per heavy atom. The lowest BCUT2D eigenvalue weighted by Crippen LogP contribution is -2.47. The summed E-state index contributed by atoms with van der Waals surface area (Å²) in [6.45, 7) is 4.20. The number of ether oxygens (including phenoxy) is 1. The zero-order valence-electron chi connectivity index (χ0n) is 13.8. The van der Waals surface area contributed by atoms with Gasteiger partial charge in [-0.05, 0) is 43.0 Å². The van der Waals surface area contributed by atoms with Crippen molar-refractivity contribution in [2.45, 2.75) is 31.9 Å². The Morgan fingerprint density at radius 1 is 1.39 bits per heavy atom. The average Bonchev–Trinajstić information content (AvgIpc) is 2.94. The number of likely N-dealkylation sites (N-methyl/N-ethyl adjacent to an activating group) is 1. The number of aryl methyl sites for hydroxylation is 2. The molecule has 1 fully saturated rings. The first-order valence-electron chi connectivity index (χ1n) is 8.45. The van der Waals surface area contributed by atoms with E-state index in [1.54, 1.807) is 0 Å². The molecule has 126 valence electrons. The standard InChI is InChI=1S/C18H26N2O3/c1-19(13-18(21)22)11-17-12-20(7-8-23-17)10-14-5-6-15-3-2-4-16(15)9-14/h5-6,9,17H,2-4,7-8,10-13H2,1H3,(H,21,22). The molecule has 2 aliphatic rings. The van der Waals surface area contributed by atoms with Crippen LogP contribution in [0.1, 0.15) is 23.1 Å². The summed E-state index contributed by atoms with van der Waals surface area (Å²) in [7, 11) is 1.83. The molecule has 5 heteroatoms. The van der Waals surface area contributed by atoms with Crippen LogP contribution in [0.4, 0.5) is 0 Å². The van der Waals surface area contributed by atoms with Crippen LogP contribution in [-0.2, 0) is 28.9 Å². The molecule has 1 aliphatic carbocycles. The average molecular weight is 318 g/mol. The molecule has 1 N–H and O–H groups in total. The van der Waals surface area contributed by atoms with Gasteiger partial charge in [-0.15, -0.1) is 0 Å². The molecule has 5 nitrogen and oxygen atoms in total. The molecule has 0 saturated carbocycles. The number of carboxylic acids is 1. The highest BCUT2D eigenvalue weighted by Crippen LogP contribution is 2.23. The summed E-state index contributed by atoms with van der Waals surface area (Å²) in [6.07, 6.45) is 3.82. The van der Waals surface area contributed by atoms with E-state index in [9.17, 15) is 4.79 Å². The highest BCUT2D eigenvalue weighted by Gasteiger charge is 2.22. The Bertz CT molecular complexity index is 561. The van der Waals surface area contributed by atoms with E-state index in [4.69, 9.17) is 9.84 Å². The molecule has 23 heavy (non-hydrogen) atoms. The van der Waals surface area contributed by atoms with Gasteiger partial charge in [0.2, 0.25) is 0 Å². The van der Waals surface area contributed by atoms with Gasteiger partial charge >= 0.3 is 5.97 Å². The zero-order valence-corrected chi connectivity index (χ0v) is 13.8. The summed E-state index contributed by atoms with van der Waals surface area (Å²) in [5.41, 5.74) is 4.42. The lowest BCUT2D eigenvalue weighted by atomic mass is 10.1. The minimum atomic E-state index is -0.793. The quantitative estimate of drug-likeness (QED) is 0.859. The van der Waals surface area contributed by atoms with Crippen LogP contribution in [0.25, 0.3) is 0 Å². The number of fused-ring (bicyclic) bond motifs is 1. The first-order chi connectivity index (χ1) is 11.1. The molecule has 1 heterocycles. The number of morpholine rings is 1. The maximum Gasteiger partial charge on any atom is 0.317 e. The van der Waals surface area contributed by atoms with Crippen molar-refractivity contribution < 1.29 is 14.6 Å². The van der Waals surface area contributed by atoms with Crippen LogP contribution in [0.15, 0.2) is 18.2 Å². The number of hydrogen-bond donors (Lipinski definition) is 1. The molecule has 0 spiro atoms. The molecule has 1 aromatic carbocycles. The largest absolute Gasteiger partial charge is 0.480 e. The Balaban J connectivity index is 1.53. The smallest absolute Gasteiger partial charge is 0.317 e. The zero-order chi connectivity index (χ0) is 16.2. The second kappa shape index (κ2) is 7.43. The van der Waals surface area contributed by atoms with Crippen LogP contribution in [0.3, 0.4) is 0 Å². The van der Waals surface area contributed by atoms with Gasteiger partial charge in [0, 0.05) is 26.2 Å². The number of carboxylic acid groups (broad SMARTS) is 1. The normalized spacial score (nSPS) is 21.6. The van der Waals surface area contributed by atoms with E-state index in [2.05, 4.69) is 23.1 Å². The lowest BCUT2D eigenvalue weighted by molar-refractivity contribution is -0.138. The molecule has 3 rings (SSSR count). The molecule has 1 atom stereocenters. The molecule has 0 aromatic heterocycles. The maximum atomic E-state index is 10.8. The van der Waals surface area contributed by atoms with Crippen LogP contribution in [0, 0.1) is 0 Å². The van der Waals surface area contributed by atoms with E-state index in [1.807, 2.05) is 11.9 Å². The SMILES string of the molecule is CN(CC(=O)O)CC1CN(Cc2ccc3c(c2)CCC3)CCO1. The summed E-state index contributed by atoms with van der Waals surface area (Å²) in [6, 6.07) is 6.91. The van der Waals surface area contributed by atoms with Crippen LogP contribution in [-0.4, -0.2) is 66.8 Å². The monoisotopic (exact) mass is 318 g/mol. The Kier molecular flexibility index (Phi) is 5.30. The van der Waals surface area contributed by atoms with Gasteiger partial charge in [0.25, 0.3) is 0 Å². The van der Waals surface area contributed by atoms with E-state index in [0.717, 1.165) is 26.2 Å². The fraction of sp³-hybridized carbons (Fsp3) is 0.611. The summed E-state index contributed by atoms with van der Waals surface area (Å²) in [5, 5.41) is 8.84. The molecular formula is C18H26N2O3. The Morgan fingerprint density at radius 3 is 3.04 bits per heavy atom. The van der Waals surface area contributed by atoms with E-state index < -0.39 is 5.97 Å². The predicted molar refractivity (Wildman–Crippen MR) is 88.6 cm³/mol. The Hall–Kier alpha value is -1.43.